The van der Waals surface area contributed by atoms with E-state index in [9.17, 15) is 0 Å². The largest absolute Gasteiger partial charge is 0.382 e. The molecule has 3 rings (SSSR count). The number of aromatic nitrogens is 3. The van der Waals surface area contributed by atoms with E-state index in [1.54, 1.807) is 0 Å². The topological polar surface area (TPSA) is 64.7 Å². The Morgan fingerprint density at radius 2 is 1.74 bits per heavy atom. The molecule has 4 heteroatoms. The van der Waals surface area contributed by atoms with Crippen molar-refractivity contribution < 1.29 is 0 Å². The van der Waals surface area contributed by atoms with E-state index < -0.39 is 0 Å². The summed E-state index contributed by atoms with van der Waals surface area (Å²) in [5, 5.41) is 7.85. The summed E-state index contributed by atoms with van der Waals surface area (Å²) in [6.07, 6.45) is 8.09. The van der Waals surface area contributed by atoms with Crippen LogP contribution in [0.2, 0.25) is 0 Å². The fourth-order valence-corrected chi connectivity index (χ4v) is 2.84. The SMILES string of the molecule is Nc1ncnnc1-c1ccc(C2CCCCC2)cc1. The van der Waals surface area contributed by atoms with E-state index in [-0.39, 0.29) is 0 Å². The van der Waals surface area contributed by atoms with E-state index >= 15 is 0 Å². The fourth-order valence-electron chi connectivity index (χ4n) is 2.84. The quantitative estimate of drug-likeness (QED) is 0.894. The van der Waals surface area contributed by atoms with E-state index in [0.29, 0.717) is 11.5 Å². The third-order valence-electron chi connectivity index (χ3n) is 3.91. The van der Waals surface area contributed by atoms with Gasteiger partial charge in [-0.05, 0) is 24.3 Å². The number of rotatable bonds is 2. The first-order chi connectivity index (χ1) is 9.34. The summed E-state index contributed by atoms with van der Waals surface area (Å²) in [7, 11) is 0. The zero-order valence-electron chi connectivity index (χ0n) is 10.9. The van der Waals surface area contributed by atoms with Gasteiger partial charge in [0.15, 0.2) is 5.82 Å². The summed E-state index contributed by atoms with van der Waals surface area (Å²) in [6, 6.07) is 8.54. The average Bonchev–Trinajstić information content (AvgIpc) is 2.49. The van der Waals surface area contributed by atoms with Gasteiger partial charge in [0, 0.05) is 5.56 Å². The van der Waals surface area contributed by atoms with E-state index in [2.05, 4.69) is 39.4 Å². The van der Waals surface area contributed by atoms with Gasteiger partial charge in [-0.2, -0.15) is 0 Å². The maximum Gasteiger partial charge on any atom is 0.153 e. The van der Waals surface area contributed by atoms with Crippen molar-refractivity contribution in [1.29, 1.82) is 0 Å². The van der Waals surface area contributed by atoms with Crippen LogP contribution in [0.15, 0.2) is 30.6 Å². The number of hydrogen-bond acceptors (Lipinski definition) is 4. The average molecular weight is 254 g/mol. The van der Waals surface area contributed by atoms with Crippen LogP contribution in [0.3, 0.4) is 0 Å². The van der Waals surface area contributed by atoms with E-state index in [0.717, 1.165) is 11.5 Å². The molecule has 98 valence electrons. The van der Waals surface area contributed by atoms with Crippen molar-refractivity contribution in [3.63, 3.8) is 0 Å². The van der Waals surface area contributed by atoms with Gasteiger partial charge in [0.05, 0.1) is 0 Å². The summed E-state index contributed by atoms with van der Waals surface area (Å²) >= 11 is 0. The molecule has 0 bridgehead atoms. The summed E-state index contributed by atoms with van der Waals surface area (Å²) in [5.74, 6) is 1.15. The fraction of sp³-hybridized carbons (Fsp3) is 0.400. The molecule has 2 N–H and O–H groups in total. The first-order valence-electron chi connectivity index (χ1n) is 6.88. The second kappa shape index (κ2) is 5.34. The van der Waals surface area contributed by atoms with Crippen LogP contribution in [-0.2, 0) is 0 Å². The Morgan fingerprint density at radius 3 is 2.42 bits per heavy atom. The molecular weight excluding hydrogens is 236 g/mol. The molecule has 1 aliphatic rings. The lowest BCUT2D eigenvalue weighted by Gasteiger charge is -2.22. The van der Waals surface area contributed by atoms with Gasteiger partial charge in [0.1, 0.15) is 12.0 Å². The van der Waals surface area contributed by atoms with Crippen LogP contribution in [0.1, 0.15) is 43.6 Å². The van der Waals surface area contributed by atoms with Crippen molar-refractivity contribution in [1.82, 2.24) is 15.2 Å². The highest BCUT2D eigenvalue weighted by Crippen LogP contribution is 2.33. The van der Waals surface area contributed by atoms with Gasteiger partial charge in [-0.25, -0.2) is 4.98 Å². The van der Waals surface area contributed by atoms with E-state index in [1.807, 2.05) is 0 Å². The van der Waals surface area contributed by atoms with Crippen LogP contribution in [0.5, 0.6) is 0 Å². The van der Waals surface area contributed by atoms with E-state index in [4.69, 9.17) is 5.73 Å². The van der Waals surface area contributed by atoms with Crippen molar-refractivity contribution in [3.05, 3.63) is 36.2 Å². The minimum Gasteiger partial charge on any atom is -0.382 e. The molecule has 0 amide bonds. The van der Waals surface area contributed by atoms with Crippen molar-refractivity contribution in [2.45, 2.75) is 38.0 Å². The van der Waals surface area contributed by atoms with Gasteiger partial charge in [0.2, 0.25) is 0 Å². The van der Waals surface area contributed by atoms with E-state index in [1.165, 1.54) is 44.0 Å². The van der Waals surface area contributed by atoms with Crippen LogP contribution in [0, 0.1) is 0 Å². The highest BCUT2D eigenvalue weighted by atomic mass is 15.1. The molecule has 1 aromatic carbocycles. The Balaban J connectivity index is 1.84. The van der Waals surface area contributed by atoms with Crippen LogP contribution < -0.4 is 5.73 Å². The zero-order valence-corrected chi connectivity index (χ0v) is 10.9. The van der Waals surface area contributed by atoms with Crippen molar-refractivity contribution in [2.24, 2.45) is 0 Å². The smallest absolute Gasteiger partial charge is 0.153 e. The Kier molecular flexibility index (Phi) is 3.40. The van der Waals surface area contributed by atoms with Crippen molar-refractivity contribution in [3.8, 4) is 11.3 Å². The molecule has 1 heterocycles. The molecule has 0 atom stereocenters. The summed E-state index contributed by atoms with van der Waals surface area (Å²) in [4.78, 5) is 3.97. The Hall–Kier alpha value is -1.97. The van der Waals surface area contributed by atoms with Gasteiger partial charge in [-0.1, -0.05) is 43.5 Å². The minimum atomic E-state index is 0.431. The number of nitrogen functional groups attached to an aromatic ring is 1. The highest BCUT2D eigenvalue weighted by Gasteiger charge is 2.15. The van der Waals surface area contributed by atoms with Crippen LogP contribution >= 0.6 is 0 Å². The van der Waals surface area contributed by atoms with Crippen molar-refractivity contribution >= 4 is 5.82 Å². The summed E-state index contributed by atoms with van der Waals surface area (Å²) in [6.45, 7) is 0. The maximum atomic E-state index is 5.82. The zero-order chi connectivity index (χ0) is 13.1. The molecule has 1 fully saturated rings. The van der Waals surface area contributed by atoms with Crippen LogP contribution in [0.25, 0.3) is 11.3 Å². The Labute approximate surface area is 113 Å². The summed E-state index contributed by atoms with van der Waals surface area (Å²) < 4.78 is 0. The van der Waals surface area contributed by atoms with Gasteiger partial charge in [0.25, 0.3) is 0 Å². The lowest BCUT2D eigenvalue weighted by atomic mass is 9.84. The molecule has 2 aromatic rings. The van der Waals surface area contributed by atoms with Crippen LogP contribution in [0.4, 0.5) is 5.82 Å². The lowest BCUT2D eigenvalue weighted by Crippen LogP contribution is -2.04. The number of nitrogens with two attached hydrogens (primary N) is 1. The minimum absolute atomic E-state index is 0.431. The van der Waals surface area contributed by atoms with Gasteiger partial charge in [-0.3, -0.25) is 0 Å². The number of anilines is 1. The monoisotopic (exact) mass is 254 g/mol. The molecule has 1 aromatic heterocycles. The predicted octanol–water partition coefficient (Wildman–Crippen LogP) is 3.17. The first-order valence-corrected chi connectivity index (χ1v) is 6.88. The van der Waals surface area contributed by atoms with Gasteiger partial charge in [-0.15, -0.1) is 10.2 Å². The molecule has 1 aliphatic carbocycles. The second-order valence-electron chi connectivity index (χ2n) is 5.15. The standard InChI is InChI=1S/C15H18N4/c16-15-14(19-18-10-17-15)13-8-6-12(7-9-13)11-4-2-1-3-5-11/h6-11H,1-5H2,(H2,16,17,18). The maximum absolute atomic E-state index is 5.82. The molecule has 4 nitrogen and oxygen atoms in total. The van der Waals surface area contributed by atoms with Crippen LogP contribution in [-0.4, -0.2) is 15.2 Å². The highest BCUT2D eigenvalue weighted by molar-refractivity contribution is 5.69. The molecule has 0 radical (unpaired) electrons. The Morgan fingerprint density at radius 1 is 1.00 bits per heavy atom. The third-order valence-corrected chi connectivity index (χ3v) is 3.91. The molecule has 1 saturated carbocycles. The number of hydrogen-bond donors (Lipinski definition) is 1. The molecular formula is C15H18N4. The lowest BCUT2D eigenvalue weighted by molar-refractivity contribution is 0.443. The normalized spacial score (nSPS) is 16.4. The first kappa shape index (κ1) is 12.1. The molecule has 0 saturated heterocycles. The predicted molar refractivity (Wildman–Crippen MR) is 75.5 cm³/mol. The number of benzene rings is 1. The number of nitrogens with zero attached hydrogens (tertiary/aromatic N) is 3. The second-order valence-corrected chi connectivity index (χ2v) is 5.15. The van der Waals surface area contributed by atoms with Gasteiger partial charge < -0.3 is 5.73 Å². The molecule has 0 spiro atoms. The van der Waals surface area contributed by atoms with Gasteiger partial charge >= 0.3 is 0 Å². The third kappa shape index (κ3) is 2.57. The molecule has 0 unspecified atom stereocenters. The Bertz CT molecular complexity index is 544. The molecule has 0 aliphatic heterocycles. The molecule has 19 heavy (non-hydrogen) atoms. The summed E-state index contributed by atoms with van der Waals surface area (Å²) in [5.41, 5.74) is 8.90. The van der Waals surface area contributed by atoms with Crippen molar-refractivity contribution in [2.75, 3.05) is 5.73 Å².